The number of nitrogens with zero attached hydrogens (tertiary/aromatic N) is 4. The van der Waals surface area contributed by atoms with E-state index < -0.39 is 5.97 Å². The first-order valence-electron chi connectivity index (χ1n) is 11.0. The number of nitrogens with one attached hydrogen (secondary N) is 1. The van der Waals surface area contributed by atoms with Crippen LogP contribution in [0, 0.1) is 0 Å². The number of aryl methyl sites for hydroxylation is 1. The van der Waals surface area contributed by atoms with Crippen molar-refractivity contribution in [2.75, 3.05) is 0 Å². The normalized spacial score (nSPS) is 12.2. The van der Waals surface area contributed by atoms with Crippen molar-refractivity contribution in [2.24, 2.45) is 7.05 Å². The van der Waals surface area contributed by atoms with Gasteiger partial charge in [-0.25, -0.2) is 4.79 Å². The lowest BCUT2D eigenvalue weighted by molar-refractivity contribution is 0.0696. The molecule has 0 fully saturated rings. The number of carboxylic acids is 1. The zero-order chi connectivity index (χ0) is 24.7. The first kappa shape index (κ1) is 22.6. The average Bonchev–Trinajstić information content (AvgIpc) is 3.41. The third-order valence-corrected chi connectivity index (χ3v) is 6.23. The van der Waals surface area contributed by atoms with Crippen LogP contribution in [0.1, 0.15) is 44.8 Å². The molecule has 0 aliphatic heterocycles. The molecule has 0 radical (unpaired) electrons. The number of hydrogen-bond donors (Lipinski definition) is 2. The van der Waals surface area contributed by atoms with Crippen LogP contribution in [0.4, 0.5) is 0 Å². The van der Waals surface area contributed by atoms with Crippen LogP contribution in [-0.4, -0.2) is 36.5 Å². The highest BCUT2D eigenvalue weighted by molar-refractivity contribution is 6.30. The molecule has 0 aliphatic carbocycles. The van der Waals surface area contributed by atoms with Gasteiger partial charge in [-0.3, -0.25) is 14.2 Å². The summed E-state index contributed by atoms with van der Waals surface area (Å²) in [5, 5.41) is 23.6. The molecule has 5 aromatic rings. The van der Waals surface area contributed by atoms with E-state index in [1.54, 1.807) is 33.8 Å². The Bertz CT molecular complexity index is 1590. The molecule has 0 saturated carbocycles. The minimum absolute atomic E-state index is 0.194. The predicted molar refractivity (Wildman–Crippen MR) is 134 cm³/mol. The van der Waals surface area contributed by atoms with Crippen molar-refractivity contribution >= 4 is 45.3 Å². The SMILES string of the molecule is C[C@H](NC(=O)c1cc2nn(C)cc2c2cnn(Cc3cccc(Cl)c3)c12)c1ccc(C(=O)O)cc1. The maximum atomic E-state index is 13.5. The van der Waals surface area contributed by atoms with E-state index in [2.05, 4.69) is 15.5 Å². The lowest BCUT2D eigenvalue weighted by Gasteiger charge is -2.16. The minimum atomic E-state index is -0.993. The fourth-order valence-electron chi connectivity index (χ4n) is 4.26. The molecular weight excluding hydrogens is 466 g/mol. The number of carbonyl (C=O) groups excluding carboxylic acids is 1. The second-order valence-electron chi connectivity index (χ2n) is 8.48. The van der Waals surface area contributed by atoms with Crippen molar-refractivity contribution in [2.45, 2.75) is 19.5 Å². The average molecular weight is 488 g/mol. The Morgan fingerprint density at radius 1 is 1.11 bits per heavy atom. The molecule has 9 heteroatoms. The lowest BCUT2D eigenvalue weighted by atomic mass is 10.0. The Balaban J connectivity index is 1.54. The quantitative estimate of drug-likeness (QED) is 0.357. The van der Waals surface area contributed by atoms with Crippen LogP contribution >= 0.6 is 11.6 Å². The summed E-state index contributed by atoms with van der Waals surface area (Å²) in [7, 11) is 1.84. The number of hydrogen-bond acceptors (Lipinski definition) is 4. The summed E-state index contributed by atoms with van der Waals surface area (Å²) >= 11 is 6.17. The maximum Gasteiger partial charge on any atom is 0.335 e. The molecule has 1 atom stereocenters. The standard InChI is InChI=1S/C26H22ClN5O3/c1-15(17-6-8-18(9-7-17)26(34)35)29-25(33)20-11-23-22(14-31(2)30-23)21-12-28-32(24(20)21)13-16-4-3-5-19(27)10-16/h3-12,14-15H,13H2,1-2H3,(H,29,33)(H,34,35)/t15-/m0/s1. The van der Waals surface area contributed by atoms with E-state index in [0.717, 1.165) is 21.9 Å². The van der Waals surface area contributed by atoms with Gasteiger partial charge in [0.15, 0.2) is 0 Å². The molecule has 2 N–H and O–H groups in total. The second-order valence-corrected chi connectivity index (χ2v) is 8.91. The third-order valence-electron chi connectivity index (χ3n) is 5.99. The van der Waals surface area contributed by atoms with Gasteiger partial charge in [0, 0.05) is 29.0 Å². The van der Waals surface area contributed by atoms with Crippen LogP contribution in [0.15, 0.2) is 67.0 Å². The Labute approximate surface area is 205 Å². The number of carboxylic acid groups (broad SMARTS) is 1. The molecule has 2 aromatic heterocycles. The molecule has 0 unspecified atom stereocenters. The summed E-state index contributed by atoms with van der Waals surface area (Å²) < 4.78 is 3.52. The van der Waals surface area contributed by atoms with E-state index >= 15 is 0 Å². The first-order valence-corrected chi connectivity index (χ1v) is 11.4. The molecule has 3 aromatic carbocycles. The summed E-state index contributed by atoms with van der Waals surface area (Å²) in [6, 6.07) is 15.4. The van der Waals surface area contributed by atoms with Gasteiger partial charge in [-0.2, -0.15) is 10.2 Å². The van der Waals surface area contributed by atoms with Crippen molar-refractivity contribution in [3.63, 3.8) is 0 Å². The van der Waals surface area contributed by atoms with Gasteiger partial charge in [-0.05, 0) is 48.4 Å². The molecule has 35 heavy (non-hydrogen) atoms. The molecule has 2 heterocycles. The van der Waals surface area contributed by atoms with E-state index in [-0.39, 0.29) is 17.5 Å². The highest BCUT2D eigenvalue weighted by Crippen LogP contribution is 2.29. The van der Waals surface area contributed by atoms with E-state index in [1.807, 2.05) is 44.4 Å². The summed E-state index contributed by atoms with van der Waals surface area (Å²) in [5.41, 5.74) is 3.82. The van der Waals surface area contributed by atoms with Gasteiger partial charge in [0.2, 0.25) is 0 Å². The molecular formula is C26H22ClN5O3. The van der Waals surface area contributed by atoms with Crippen LogP contribution in [0.5, 0.6) is 0 Å². The van der Waals surface area contributed by atoms with E-state index in [0.29, 0.717) is 28.2 Å². The number of carbonyl (C=O) groups is 2. The van der Waals surface area contributed by atoms with Gasteiger partial charge in [0.05, 0.1) is 40.9 Å². The molecule has 5 rings (SSSR count). The lowest BCUT2D eigenvalue weighted by Crippen LogP contribution is -2.27. The van der Waals surface area contributed by atoms with Gasteiger partial charge in [-0.1, -0.05) is 35.9 Å². The van der Waals surface area contributed by atoms with Gasteiger partial charge in [0.1, 0.15) is 0 Å². The molecule has 1 amide bonds. The minimum Gasteiger partial charge on any atom is -0.478 e. The summed E-state index contributed by atoms with van der Waals surface area (Å²) in [6.45, 7) is 2.30. The van der Waals surface area contributed by atoms with Crippen molar-refractivity contribution in [1.29, 1.82) is 0 Å². The van der Waals surface area contributed by atoms with Crippen LogP contribution in [0.2, 0.25) is 5.02 Å². The molecule has 0 saturated heterocycles. The third kappa shape index (κ3) is 4.36. The van der Waals surface area contributed by atoms with Crippen LogP contribution < -0.4 is 5.32 Å². The highest BCUT2D eigenvalue weighted by atomic mass is 35.5. The number of aromatic carboxylic acids is 1. The topological polar surface area (TPSA) is 102 Å². The molecule has 0 bridgehead atoms. The number of fused-ring (bicyclic) bond motifs is 3. The van der Waals surface area contributed by atoms with Crippen molar-refractivity contribution in [3.05, 3.63) is 94.3 Å². The zero-order valence-corrected chi connectivity index (χ0v) is 19.8. The number of benzene rings is 3. The van der Waals surface area contributed by atoms with E-state index in [9.17, 15) is 9.59 Å². The van der Waals surface area contributed by atoms with Gasteiger partial charge in [0.25, 0.3) is 5.91 Å². The van der Waals surface area contributed by atoms with Crippen molar-refractivity contribution in [1.82, 2.24) is 24.9 Å². The summed E-state index contributed by atoms with van der Waals surface area (Å²) in [6.07, 6.45) is 3.67. The van der Waals surface area contributed by atoms with Crippen LogP contribution in [0.25, 0.3) is 21.8 Å². The number of amides is 1. The van der Waals surface area contributed by atoms with Crippen LogP contribution in [-0.2, 0) is 13.6 Å². The summed E-state index contributed by atoms with van der Waals surface area (Å²) in [4.78, 5) is 24.7. The van der Waals surface area contributed by atoms with Crippen molar-refractivity contribution < 1.29 is 14.7 Å². The molecule has 0 aliphatic rings. The first-order chi connectivity index (χ1) is 16.8. The molecule has 0 spiro atoms. The smallest absolute Gasteiger partial charge is 0.335 e. The Kier molecular flexibility index (Phi) is 5.74. The predicted octanol–water partition coefficient (Wildman–Crippen LogP) is 4.81. The Hall–Kier alpha value is -4.17. The van der Waals surface area contributed by atoms with Crippen molar-refractivity contribution in [3.8, 4) is 0 Å². The second kappa shape index (κ2) is 8.88. The monoisotopic (exact) mass is 487 g/mol. The summed E-state index contributed by atoms with van der Waals surface area (Å²) in [5.74, 6) is -1.27. The van der Waals surface area contributed by atoms with Gasteiger partial charge in [-0.15, -0.1) is 0 Å². The highest BCUT2D eigenvalue weighted by Gasteiger charge is 2.21. The number of aromatic nitrogens is 4. The van der Waals surface area contributed by atoms with Gasteiger partial charge >= 0.3 is 5.97 Å². The van der Waals surface area contributed by atoms with Crippen LogP contribution in [0.3, 0.4) is 0 Å². The van der Waals surface area contributed by atoms with E-state index in [4.69, 9.17) is 16.7 Å². The zero-order valence-electron chi connectivity index (χ0n) is 19.1. The molecule has 8 nitrogen and oxygen atoms in total. The fourth-order valence-corrected chi connectivity index (χ4v) is 4.48. The maximum absolute atomic E-state index is 13.5. The Morgan fingerprint density at radius 3 is 2.60 bits per heavy atom. The van der Waals surface area contributed by atoms with E-state index in [1.165, 1.54) is 12.1 Å². The number of halogens is 1. The molecule has 176 valence electrons. The number of rotatable bonds is 6. The largest absolute Gasteiger partial charge is 0.478 e. The Morgan fingerprint density at radius 2 is 1.89 bits per heavy atom. The fraction of sp³-hybridized carbons (Fsp3) is 0.154. The van der Waals surface area contributed by atoms with Gasteiger partial charge < -0.3 is 10.4 Å².